The van der Waals surface area contributed by atoms with Gasteiger partial charge < -0.3 is 10.6 Å². The van der Waals surface area contributed by atoms with Gasteiger partial charge in [-0.1, -0.05) is 55.8 Å². The minimum absolute atomic E-state index is 0.0472. The van der Waals surface area contributed by atoms with E-state index in [9.17, 15) is 10.1 Å². The summed E-state index contributed by atoms with van der Waals surface area (Å²) in [7, 11) is 0. The summed E-state index contributed by atoms with van der Waals surface area (Å²) in [5.41, 5.74) is 3.18. The highest BCUT2D eigenvalue weighted by Crippen LogP contribution is 2.12. The average molecular weight is 333 g/mol. The number of nitrogens with zero attached hydrogens (tertiary/aromatic N) is 1. The van der Waals surface area contributed by atoms with Crippen molar-refractivity contribution in [1.82, 2.24) is 5.32 Å². The van der Waals surface area contributed by atoms with Crippen LogP contribution in [0, 0.1) is 11.3 Å². The van der Waals surface area contributed by atoms with E-state index in [1.54, 1.807) is 0 Å². The lowest BCUT2D eigenvalue weighted by atomic mass is 10.1. The van der Waals surface area contributed by atoms with Crippen molar-refractivity contribution in [1.29, 1.82) is 5.26 Å². The molecule has 0 radical (unpaired) electrons. The highest BCUT2D eigenvalue weighted by atomic mass is 16.1. The lowest BCUT2D eigenvalue weighted by molar-refractivity contribution is -0.117. The van der Waals surface area contributed by atoms with Gasteiger partial charge in [0.05, 0.1) is 0 Å². The lowest BCUT2D eigenvalue weighted by Crippen LogP contribution is -2.24. The molecule has 0 aliphatic carbocycles. The molecule has 0 aromatic heterocycles. The standard InChI is InChI=1S/C21H23N3O/c1-2-3-7-17-10-12-20(13-11-17)23-16-19(14-22)21(25)24-15-18-8-5-4-6-9-18/h4-6,8-13,16,23H,2-3,7,15H2,1H3,(H,24,25)/b19-16-. The number of nitriles is 1. The molecule has 4 heteroatoms. The summed E-state index contributed by atoms with van der Waals surface area (Å²) in [6.45, 7) is 2.57. The van der Waals surface area contributed by atoms with Crippen molar-refractivity contribution >= 4 is 11.6 Å². The molecule has 0 saturated heterocycles. The number of hydrogen-bond donors (Lipinski definition) is 2. The highest BCUT2D eigenvalue weighted by Gasteiger charge is 2.08. The van der Waals surface area contributed by atoms with Crippen LogP contribution in [0.2, 0.25) is 0 Å². The Bertz CT molecular complexity index is 743. The van der Waals surface area contributed by atoms with Crippen molar-refractivity contribution in [3.63, 3.8) is 0 Å². The second kappa shape index (κ2) is 9.94. The minimum atomic E-state index is -0.390. The molecule has 0 bridgehead atoms. The van der Waals surface area contributed by atoms with E-state index in [2.05, 4.69) is 29.7 Å². The number of aryl methyl sites for hydroxylation is 1. The molecule has 0 fully saturated rings. The molecule has 2 aromatic carbocycles. The van der Waals surface area contributed by atoms with Gasteiger partial charge >= 0.3 is 0 Å². The van der Waals surface area contributed by atoms with Crippen molar-refractivity contribution in [2.24, 2.45) is 0 Å². The Hall–Kier alpha value is -3.06. The highest BCUT2D eigenvalue weighted by molar-refractivity contribution is 5.97. The maximum absolute atomic E-state index is 12.1. The van der Waals surface area contributed by atoms with Gasteiger partial charge in [0.2, 0.25) is 0 Å². The smallest absolute Gasteiger partial charge is 0.263 e. The SMILES string of the molecule is CCCCc1ccc(N/C=C(/C#N)C(=O)NCc2ccccc2)cc1. The monoisotopic (exact) mass is 333 g/mol. The zero-order valence-corrected chi connectivity index (χ0v) is 14.5. The minimum Gasteiger partial charge on any atom is -0.360 e. The predicted molar refractivity (Wildman–Crippen MR) is 101 cm³/mol. The molecule has 4 nitrogen and oxygen atoms in total. The van der Waals surface area contributed by atoms with Crippen molar-refractivity contribution in [2.75, 3.05) is 5.32 Å². The van der Waals surface area contributed by atoms with E-state index in [0.29, 0.717) is 6.54 Å². The van der Waals surface area contributed by atoms with Crippen molar-refractivity contribution < 1.29 is 4.79 Å². The molecule has 0 aliphatic heterocycles. The molecule has 0 spiro atoms. The van der Waals surface area contributed by atoms with Crippen LogP contribution in [0.3, 0.4) is 0 Å². The largest absolute Gasteiger partial charge is 0.360 e. The Morgan fingerprint density at radius 1 is 1.08 bits per heavy atom. The summed E-state index contributed by atoms with van der Waals surface area (Å²) in [6.07, 6.45) is 4.86. The number of rotatable bonds is 8. The predicted octanol–water partition coefficient (Wildman–Crippen LogP) is 4.16. The first-order chi connectivity index (χ1) is 12.2. The van der Waals surface area contributed by atoms with Gasteiger partial charge in [-0.25, -0.2) is 0 Å². The fraction of sp³-hybridized carbons (Fsp3) is 0.238. The number of nitrogens with one attached hydrogen (secondary N) is 2. The summed E-state index contributed by atoms with van der Waals surface area (Å²) < 4.78 is 0. The second-order valence-corrected chi connectivity index (χ2v) is 5.78. The van der Waals surface area contributed by atoms with Crippen molar-refractivity contribution in [3.8, 4) is 6.07 Å². The number of hydrogen-bond acceptors (Lipinski definition) is 3. The van der Waals surface area contributed by atoms with E-state index in [1.165, 1.54) is 24.6 Å². The van der Waals surface area contributed by atoms with Crippen molar-refractivity contribution in [2.45, 2.75) is 32.7 Å². The molecular formula is C21H23N3O. The topological polar surface area (TPSA) is 64.9 Å². The Morgan fingerprint density at radius 2 is 1.80 bits per heavy atom. The van der Waals surface area contributed by atoms with Crippen LogP contribution >= 0.6 is 0 Å². The molecule has 128 valence electrons. The summed E-state index contributed by atoms with van der Waals surface area (Å²) in [5, 5.41) is 15.0. The van der Waals surface area contributed by atoms with E-state index in [4.69, 9.17) is 0 Å². The zero-order chi connectivity index (χ0) is 17.9. The Labute approximate surface area is 149 Å². The second-order valence-electron chi connectivity index (χ2n) is 5.78. The summed E-state index contributed by atoms with van der Waals surface area (Å²) in [5.74, 6) is -0.390. The Balaban J connectivity index is 1.90. The Kier molecular flexibility index (Phi) is 7.27. The van der Waals surface area contributed by atoms with Crippen LogP contribution < -0.4 is 10.6 Å². The first kappa shape index (κ1) is 18.3. The number of carbonyl (C=O) groups is 1. The van der Waals surface area contributed by atoms with E-state index < -0.39 is 5.91 Å². The van der Waals surface area contributed by atoms with Gasteiger partial charge in [0, 0.05) is 18.4 Å². The van der Waals surface area contributed by atoms with E-state index in [1.807, 2.05) is 48.5 Å². The third kappa shape index (κ3) is 6.15. The fourth-order valence-electron chi connectivity index (χ4n) is 2.33. The maximum Gasteiger partial charge on any atom is 0.263 e. The average Bonchev–Trinajstić information content (AvgIpc) is 2.67. The number of carbonyl (C=O) groups excluding carboxylic acids is 1. The van der Waals surface area contributed by atoms with Crippen LogP contribution in [0.1, 0.15) is 30.9 Å². The van der Waals surface area contributed by atoms with Crippen LogP contribution in [-0.2, 0) is 17.8 Å². The van der Waals surface area contributed by atoms with Gasteiger partial charge in [-0.15, -0.1) is 0 Å². The first-order valence-corrected chi connectivity index (χ1v) is 8.50. The first-order valence-electron chi connectivity index (χ1n) is 8.50. The quantitative estimate of drug-likeness (QED) is 0.563. The van der Waals surface area contributed by atoms with Crippen LogP contribution in [0.25, 0.3) is 0 Å². The molecule has 0 saturated carbocycles. The summed E-state index contributed by atoms with van der Waals surface area (Å²) in [4.78, 5) is 12.1. The molecule has 2 rings (SSSR count). The van der Waals surface area contributed by atoms with Gasteiger partial charge in [0.1, 0.15) is 11.6 Å². The Morgan fingerprint density at radius 3 is 2.44 bits per heavy atom. The van der Waals surface area contributed by atoms with Crippen molar-refractivity contribution in [3.05, 3.63) is 77.5 Å². The van der Waals surface area contributed by atoms with Crippen LogP contribution in [0.5, 0.6) is 0 Å². The molecule has 0 unspecified atom stereocenters. The van der Waals surface area contributed by atoms with E-state index in [0.717, 1.165) is 17.7 Å². The van der Waals surface area contributed by atoms with E-state index >= 15 is 0 Å². The van der Waals surface area contributed by atoms with Crippen LogP contribution in [-0.4, -0.2) is 5.91 Å². The lowest BCUT2D eigenvalue weighted by Gasteiger charge is -2.06. The molecule has 2 N–H and O–H groups in total. The maximum atomic E-state index is 12.1. The molecule has 1 amide bonds. The molecule has 0 atom stereocenters. The van der Waals surface area contributed by atoms with Crippen LogP contribution in [0.15, 0.2) is 66.4 Å². The summed E-state index contributed by atoms with van der Waals surface area (Å²) >= 11 is 0. The van der Waals surface area contributed by atoms with Gasteiger partial charge in [-0.2, -0.15) is 5.26 Å². The molecule has 25 heavy (non-hydrogen) atoms. The normalized spacial score (nSPS) is 10.8. The molecule has 0 heterocycles. The van der Waals surface area contributed by atoms with Crippen LogP contribution in [0.4, 0.5) is 5.69 Å². The van der Waals surface area contributed by atoms with Gasteiger partial charge in [0.15, 0.2) is 0 Å². The third-order valence-electron chi connectivity index (χ3n) is 3.82. The number of anilines is 1. The van der Waals surface area contributed by atoms with E-state index in [-0.39, 0.29) is 5.57 Å². The molecule has 2 aromatic rings. The van der Waals surface area contributed by atoms with Gasteiger partial charge in [-0.05, 0) is 36.1 Å². The summed E-state index contributed by atoms with van der Waals surface area (Å²) in [6, 6.07) is 19.6. The molecular weight excluding hydrogens is 310 g/mol. The number of amides is 1. The fourth-order valence-corrected chi connectivity index (χ4v) is 2.33. The zero-order valence-electron chi connectivity index (χ0n) is 14.5. The molecule has 0 aliphatic rings. The van der Waals surface area contributed by atoms with Gasteiger partial charge in [0.25, 0.3) is 5.91 Å². The van der Waals surface area contributed by atoms with Gasteiger partial charge in [-0.3, -0.25) is 4.79 Å². The third-order valence-corrected chi connectivity index (χ3v) is 3.82. The number of benzene rings is 2. The number of unbranched alkanes of at least 4 members (excludes halogenated alkanes) is 1.